The van der Waals surface area contributed by atoms with E-state index >= 15 is 0 Å². The molecule has 1 rings (SSSR count). The Bertz CT molecular complexity index is 96.9. The Morgan fingerprint density at radius 1 is 1.50 bits per heavy atom. The molecule has 1 aliphatic carbocycles. The molecule has 0 radical (unpaired) electrons. The largest absolute Gasteiger partial charge is 0.327 e. The van der Waals surface area contributed by atoms with Gasteiger partial charge in [0.05, 0.1) is 0 Å². The monoisotopic (exact) mass is 141 g/mol. The summed E-state index contributed by atoms with van der Waals surface area (Å²) < 4.78 is 0. The van der Waals surface area contributed by atoms with E-state index in [4.69, 9.17) is 5.73 Å². The molecule has 0 aromatic rings. The molecule has 1 fully saturated rings. The first-order chi connectivity index (χ1) is 4.75. The SMILES string of the molecule is CCCC(C)C(N)C1CC1. The lowest BCUT2D eigenvalue weighted by atomic mass is 9.94. The minimum atomic E-state index is 0.500. The third-order valence-corrected chi connectivity index (χ3v) is 2.57. The molecule has 1 aliphatic rings. The molecule has 60 valence electrons. The van der Waals surface area contributed by atoms with Crippen LogP contribution in [0, 0.1) is 11.8 Å². The molecule has 0 spiro atoms. The zero-order valence-corrected chi connectivity index (χ0v) is 7.14. The second-order valence-corrected chi connectivity index (χ2v) is 3.68. The minimum absolute atomic E-state index is 0.500. The Kier molecular flexibility index (Phi) is 2.72. The second-order valence-electron chi connectivity index (χ2n) is 3.68. The predicted octanol–water partition coefficient (Wildman–Crippen LogP) is 2.16. The Labute approximate surface area is 64.0 Å². The molecule has 10 heavy (non-hydrogen) atoms. The molecule has 2 N–H and O–H groups in total. The Balaban J connectivity index is 2.17. The van der Waals surface area contributed by atoms with Crippen LogP contribution in [0.4, 0.5) is 0 Å². The van der Waals surface area contributed by atoms with Crippen LogP contribution >= 0.6 is 0 Å². The highest BCUT2D eigenvalue weighted by Gasteiger charge is 2.31. The number of rotatable bonds is 4. The fourth-order valence-corrected chi connectivity index (χ4v) is 1.59. The number of hydrogen-bond donors (Lipinski definition) is 1. The smallest absolute Gasteiger partial charge is 0.00929 e. The van der Waals surface area contributed by atoms with Gasteiger partial charge in [0, 0.05) is 6.04 Å². The average Bonchev–Trinajstić information content (AvgIpc) is 2.68. The summed E-state index contributed by atoms with van der Waals surface area (Å²) in [5.41, 5.74) is 6.01. The van der Waals surface area contributed by atoms with Crippen molar-refractivity contribution in [3.8, 4) is 0 Å². The molecule has 0 heterocycles. The average molecular weight is 141 g/mol. The fraction of sp³-hybridized carbons (Fsp3) is 1.00. The summed E-state index contributed by atoms with van der Waals surface area (Å²) in [6.45, 7) is 4.52. The van der Waals surface area contributed by atoms with E-state index in [1.54, 1.807) is 0 Å². The third-order valence-electron chi connectivity index (χ3n) is 2.57. The van der Waals surface area contributed by atoms with Gasteiger partial charge in [0.25, 0.3) is 0 Å². The second kappa shape index (κ2) is 3.38. The van der Waals surface area contributed by atoms with E-state index in [0.29, 0.717) is 6.04 Å². The van der Waals surface area contributed by atoms with E-state index in [9.17, 15) is 0 Å². The number of hydrogen-bond acceptors (Lipinski definition) is 1. The van der Waals surface area contributed by atoms with Crippen LogP contribution in [0.15, 0.2) is 0 Å². The molecule has 0 aromatic carbocycles. The van der Waals surface area contributed by atoms with Crippen LogP contribution in [-0.4, -0.2) is 6.04 Å². The van der Waals surface area contributed by atoms with Gasteiger partial charge in [-0.15, -0.1) is 0 Å². The van der Waals surface area contributed by atoms with Gasteiger partial charge in [0.2, 0.25) is 0 Å². The molecule has 1 saturated carbocycles. The van der Waals surface area contributed by atoms with E-state index in [-0.39, 0.29) is 0 Å². The highest BCUT2D eigenvalue weighted by molar-refractivity contribution is 4.86. The maximum absolute atomic E-state index is 6.01. The van der Waals surface area contributed by atoms with Gasteiger partial charge < -0.3 is 5.73 Å². The van der Waals surface area contributed by atoms with Crippen molar-refractivity contribution in [2.24, 2.45) is 17.6 Å². The topological polar surface area (TPSA) is 26.0 Å². The zero-order chi connectivity index (χ0) is 7.56. The van der Waals surface area contributed by atoms with Gasteiger partial charge in [-0.25, -0.2) is 0 Å². The minimum Gasteiger partial charge on any atom is -0.327 e. The third kappa shape index (κ3) is 1.98. The summed E-state index contributed by atoms with van der Waals surface area (Å²) in [7, 11) is 0. The van der Waals surface area contributed by atoms with Crippen LogP contribution in [0.3, 0.4) is 0 Å². The highest BCUT2D eigenvalue weighted by atomic mass is 14.7. The van der Waals surface area contributed by atoms with Crippen LogP contribution in [0.1, 0.15) is 39.5 Å². The summed E-state index contributed by atoms with van der Waals surface area (Å²) in [5.74, 6) is 1.62. The van der Waals surface area contributed by atoms with Gasteiger partial charge in [0.1, 0.15) is 0 Å². The molecule has 2 unspecified atom stereocenters. The molecule has 1 heteroatoms. The van der Waals surface area contributed by atoms with E-state index in [0.717, 1.165) is 11.8 Å². The first kappa shape index (κ1) is 8.06. The van der Waals surface area contributed by atoms with Crippen LogP contribution < -0.4 is 5.73 Å². The fourth-order valence-electron chi connectivity index (χ4n) is 1.59. The van der Waals surface area contributed by atoms with Crippen molar-refractivity contribution < 1.29 is 0 Å². The van der Waals surface area contributed by atoms with E-state index < -0.39 is 0 Å². The lowest BCUT2D eigenvalue weighted by molar-refractivity contribution is 0.388. The Morgan fingerprint density at radius 2 is 2.10 bits per heavy atom. The predicted molar refractivity (Wildman–Crippen MR) is 44.8 cm³/mol. The maximum Gasteiger partial charge on any atom is 0.00929 e. The Morgan fingerprint density at radius 3 is 2.50 bits per heavy atom. The summed E-state index contributed by atoms with van der Waals surface area (Å²) >= 11 is 0. The molecule has 0 saturated heterocycles. The van der Waals surface area contributed by atoms with Crippen LogP contribution in [-0.2, 0) is 0 Å². The van der Waals surface area contributed by atoms with Crippen molar-refractivity contribution in [3.63, 3.8) is 0 Å². The van der Waals surface area contributed by atoms with Crippen LogP contribution in [0.2, 0.25) is 0 Å². The van der Waals surface area contributed by atoms with Crippen molar-refractivity contribution in [2.45, 2.75) is 45.6 Å². The van der Waals surface area contributed by atoms with Gasteiger partial charge in [-0.3, -0.25) is 0 Å². The zero-order valence-electron chi connectivity index (χ0n) is 7.14. The van der Waals surface area contributed by atoms with Crippen LogP contribution in [0.25, 0.3) is 0 Å². The van der Waals surface area contributed by atoms with Gasteiger partial charge in [-0.05, 0) is 31.1 Å². The van der Waals surface area contributed by atoms with Crippen molar-refractivity contribution >= 4 is 0 Å². The summed E-state index contributed by atoms with van der Waals surface area (Å²) in [6.07, 6.45) is 5.35. The van der Waals surface area contributed by atoms with Gasteiger partial charge in [-0.2, -0.15) is 0 Å². The number of nitrogens with two attached hydrogens (primary N) is 1. The normalized spacial score (nSPS) is 24.3. The first-order valence-electron chi connectivity index (χ1n) is 4.51. The molecular weight excluding hydrogens is 122 g/mol. The molecular formula is C9H19N. The van der Waals surface area contributed by atoms with Crippen molar-refractivity contribution in [3.05, 3.63) is 0 Å². The summed E-state index contributed by atoms with van der Waals surface area (Å²) in [4.78, 5) is 0. The molecule has 1 nitrogen and oxygen atoms in total. The quantitative estimate of drug-likeness (QED) is 0.638. The maximum atomic E-state index is 6.01. The van der Waals surface area contributed by atoms with Gasteiger partial charge in [-0.1, -0.05) is 20.3 Å². The molecule has 0 aromatic heterocycles. The van der Waals surface area contributed by atoms with Crippen LogP contribution in [0.5, 0.6) is 0 Å². The lowest BCUT2D eigenvalue weighted by Gasteiger charge is -2.18. The van der Waals surface area contributed by atoms with Gasteiger partial charge in [0.15, 0.2) is 0 Å². The molecule has 0 aliphatic heterocycles. The van der Waals surface area contributed by atoms with E-state index in [1.165, 1.54) is 25.7 Å². The van der Waals surface area contributed by atoms with E-state index in [2.05, 4.69) is 13.8 Å². The molecule has 0 amide bonds. The van der Waals surface area contributed by atoms with Crippen molar-refractivity contribution in [2.75, 3.05) is 0 Å². The molecule has 2 atom stereocenters. The summed E-state index contributed by atoms with van der Waals surface area (Å²) in [5, 5.41) is 0. The summed E-state index contributed by atoms with van der Waals surface area (Å²) in [6, 6.07) is 0.500. The van der Waals surface area contributed by atoms with Gasteiger partial charge >= 0.3 is 0 Å². The Hall–Kier alpha value is -0.0400. The van der Waals surface area contributed by atoms with Crippen molar-refractivity contribution in [1.29, 1.82) is 0 Å². The lowest BCUT2D eigenvalue weighted by Crippen LogP contribution is -2.30. The van der Waals surface area contributed by atoms with E-state index in [1.807, 2.05) is 0 Å². The first-order valence-corrected chi connectivity index (χ1v) is 4.51. The highest BCUT2D eigenvalue weighted by Crippen LogP contribution is 2.35. The molecule has 0 bridgehead atoms. The van der Waals surface area contributed by atoms with Crippen molar-refractivity contribution in [1.82, 2.24) is 0 Å². The standard InChI is InChI=1S/C9H19N/c1-3-4-7(2)9(10)8-5-6-8/h7-9H,3-6,10H2,1-2H3.